The van der Waals surface area contributed by atoms with E-state index < -0.39 is 17.7 Å². The number of rotatable bonds is 6. The van der Waals surface area contributed by atoms with Gasteiger partial charge in [0, 0.05) is 17.3 Å². The first-order chi connectivity index (χ1) is 15.5. The molecule has 32 heavy (non-hydrogen) atoms. The number of hydrogen-bond donors (Lipinski definition) is 1. The molecule has 0 spiro atoms. The third-order valence-electron chi connectivity index (χ3n) is 5.38. The topological polar surface area (TPSA) is 89.0 Å². The Morgan fingerprint density at radius 2 is 1.78 bits per heavy atom. The van der Waals surface area contributed by atoms with Gasteiger partial charge in [-0.2, -0.15) is 0 Å². The molecule has 1 amide bonds. The number of Topliss-reactive ketones (excluding diaryl/α,β-unsaturated/α-hetero) is 1. The molecule has 1 atom stereocenters. The number of aliphatic hydroxyl groups excluding tert-OH is 1. The van der Waals surface area contributed by atoms with Gasteiger partial charge in [-0.1, -0.05) is 36.4 Å². The van der Waals surface area contributed by atoms with Crippen molar-refractivity contribution >= 4 is 17.4 Å². The van der Waals surface area contributed by atoms with Gasteiger partial charge in [0.15, 0.2) is 0 Å². The predicted octanol–water partition coefficient (Wildman–Crippen LogP) is 3.72. The lowest BCUT2D eigenvalue weighted by atomic mass is 9.98. The van der Waals surface area contributed by atoms with Crippen LogP contribution in [0.2, 0.25) is 0 Å². The predicted molar refractivity (Wildman–Crippen MR) is 118 cm³/mol. The van der Waals surface area contributed by atoms with Crippen LogP contribution in [-0.4, -0.2) is 40.9 Å². The Labute approximate surface area is 185 Å². The number of ketones is 1. The van der Waals surface area contributed by atoms with E-state index in [-0.39, 0.29) is 17.9 Å². The molecule has 2 aromatic carbocycles. The van der Waals surface area contributed by atoms with Gasteiger partial charge in [0.2, 0.25) is 0 Å². The molecule has 1 fully saturated rings. The Balaban J connectivity index is 1.86. The van der Waals surface area contributed by atoms with Crippen molar-refractivity contribution in [2.45, 2.75) is 12.6 Å². The maximum absolute atomic E-state index is 13.1. The van der Waals surface area contributed by atoms with Crippen LogP contribution >= 0.6 is 0 Å². The minimum absolute atomic E-state index is 0.0168. The number of amides is 1. The average Bonchev–Trinajstić information content (AvgIpc) is 3.09. The molecule has 0 radical (unpaired) electrons. The second-order valence-electron chi connectivity index (χ2n) is 7.23. The number of carbonyl (C=O) groups excluding carboxylic acids is 2. The van der Waals surface area contributed by atoms with Gasteiger partial charge in [0.05, 0.1) is 32.0 Å². The fraction of sp³-hybridized carbons (Fsp3) is 0.160. The highest BCUT2D eigenvalue weighted by atomic mass is 16.5. The quantitative estimate of drug-likeness (QED) is 0.364. The normalized spacial score (nSPS) is 17.4. The van der Waals surface area contributed by atoms with E-state index in [0.29, 0.717) is 22.8 Å². The van der Waals surface area contributed by atoms with Crippen molar-refractivity contribution in [2.24, 2.45) is 0 Å². The van der Waals surface area contributed by atoms with Gasteiger partial charge in [-0.15, -0.1) is 0 Å². The number of aliphatic hydroxyl groups is 1. The molecule has 162 valence electrons. The summed E-state index contributed by atoms with van der Waals surface area (Å²) in [4.78, 5) is 32.0. The van der Waals surface area contributed by atoms with Crippen molar-refractivity contribution in [1.29, 1.82) is 0 Å². The van der Waals surface area contributed by atoms with E-state index in [1.54, 1.807) is 61.8 Å². The molecule has 1 unspecified atom stereocenters. The minimum atomic E-state index is -0.854. The van der Waals surface area contributed by atoms with Crippen molar-refractivity contribution < 1.29 is 24.2 Å². The van der Waals surface area contributed by atoms with Gasteiger partial charge in [0.25, 0.3) is 11.7 Å². The van der Waals surface area contributed by atoms with Gasteiger partial charge < -0.3 is 19.5 Å². The number of para-hydroxylation sites is 1. The first kappa shape index (κ1) is 21.1. The van der Waals surface area contributed by atoms with Crippen LogP contribution in [0.4, 0.5) is 0 Å². The van der Waals surface area contributed by atoms with Crippen molar-refractivity contribution in [3.05, 3.63) is 95.3 Å². The van der Waals surface area contributed by atoms with Crippen LogP contribution in [0.1, 0.15) is 22.9 Å². The monoisotopic (exact) mass is 430 g/mol. The van der Waals surface area contributed by atoms with Crippen molar-refractivity contribution in [3.8, 4) is 11.5 Å². The molecular formula is C25H22N2O5. The van der Waals surface area contributed by atoms with Crippen LogP contribution < -0.4 is 9.47 Å². The molecule has 0 aliphatic carbocycles. The van der Waals surface area contributed by atoms with E-state index in [1.807, 2.05) is 18.2 Å². The van der Waals surface area contributed by atoms with Crippen LogP contribution in [0.5, 0.6) is 11.5 Å². The summed E-state index contributed by atoms with van der Waals surface area (Å²) in [5.41, 5.74) is 1.57. The summed E-state index contributed by atoms with van der Waals surface area (Å²) < 4.78 is 10.6. The molecule has 1 aliphatic heterocycles. The van der Waals surface area contributed by atoms with E-state index in [9.17, 15) is 14.7 Å². The number of benzene rings is 2. The lowest BCUT2D eigenvalue weighted by molar-refractivity contribution is -0.140. The van der Waals surface area contributed by atoms with E-state index in [2.05, 4.69) is 4.98 Å². The average molecular weight is 430 g/mol. The Morgan fingerprint density at radius 3 is 2.50 bits per heavy atom. The number of methoxy groups -OCH3 is 2. The summed E-state index contributed by atoms with van der Waals surface area (Å²) in [5.74, 6) is -0.638. The second-order valence-corrected chi connectivity index (χ2v) is 7.23. The molecule has 1 saturated heterocycles. The molecule has 7 heteroatoms. The van der Waals surface area contributed by atoms with Gasteiger partial charge >= 0.3 is 0 Å². The molecule has 4 rings (SSSR count). The Morgan fingerprint density at radius 1 is 1.00 bits per heavy atom. The first-order valence-electron chi connectivity index (χ1n) is 10.0. The van der Waals surface area contributed by atoms with Crippen LogP contribution in [0.25, 0.3) is 5.76 Å². The standard InChI is InChI=1S/C25H22N2O5/c1-31-18-10-7-9-16(14-18)23(28)21-22(19-11-5-6-13-26-19)27(25(30)24(21)29)15-17-8-3-4-12-20(17)32-2/h3-14,22,28H,15H2,1-2H3/b23-21-. The summed E-state index contributed by atoms with van der Waals surface area (Å²) in [7, 11) is 3.06. The van der Waals surface area contributed by atoms with E-state index in [4.69, 9.17) is 9.47 Å². The Kier molecular flexibility index (Phi) is 5.89. The smallest absolute Gasteiger partial charge is 0.296 e. The minimum Gasteiger partial charge on any atom is -0.507 e. The fourth-order valence-corrected chi connectivity index (χ4v) is 3.83. The first-order valence-corrected chi connectivity index (χ1v) is 10.0. The second kappa shape index (κ2) is 8.93. The molecule has 1 N–H and O–H groups in total. The zero-order valence-corrected chi connectivity index (χ0v) is 17.7. The molecule has 1 aliphatic rings. The number of carbonyl (C=O) groups is 2. The Hall–Kier alpha value is -4.13. The SMILES string of the molecule is COc1cccc(/C(O)=C2/C(=O)C(=O)N(Cc3ccccc3OC)C2c2ccccn2)c1. The van der Waals surface area contributed by atoms with Crippen LogP contribution in [-0.2, 0) is 16.1 Å². The summed E-state index contributed by atoms with van der Waals surface area (Å²) in [6.07, 6.45) is 1.59. The molecule has 1 aromatic heterocycles. The van der Waals surface area contributed by atoms with E-state index in [0.717, 1.165) is 5.56 Å². The maximum atomic E-state index is 13.1. The molecule has 0 saturated carbocycles. The largest absolute Gasteiger partial charge is 0.507 e. The summed E-state index contributed by atoms with van der Waals surface area (Å²) >= 11 is 0. The number of hydrogen-bond acceptors (Lipinski definition) is 6. The lowest BCUT2D eigenvalue weighted by Gasteiger charge is -2.25. The number of nitrogens with zero attached hydrogens (tertiary/aromatic N) is 2. The molecule has 3 aromatic rings. The van der Waals surface area contributed by atoms with Crippen molar-refractivity contribution in [3.63, 3.8) is 0 Å². The highest BCUT2D eigenvalue weighted by Gasteiger charge is 2.47. The molecular weight excluding hydrogens is 408 g/mol. The van der Waals surface area contributed by atoms with E-state index >= 15 is 0 Å². The summed E-state index contributed by atoms with van der Waals surface area (Å²) in [5, 5.41) is 11.1. The van der Waals surface area contributed by atoms with Gasteiger partial charge in [-0.3, -0.25) is 14.6 Å². The summed E-state index contributed by atoms with van der Waals surface area (Å²) in [6.45, 7) is 0.116. The van der Waals surface area contributed by atoms with E-state index in [1.165, 1.54) is 12.0 Å². The maximum Gasteiger partial charge on any atom is 0.296 e. The van der Waals surface area contributed by atoms with Crippen molar-refractivity contribution in [2.75, 3.05) is 14.2 Å². The fourth-order valence-electron chi connectivity index (χ4n) is 3.83. The van der Waals surface area contributed by atoms with Crippen LogP contribution in [0.15, 0.2) is 78.5 Å². The lowest BCUT2D eigenvalue weighted by Crippen LogP contribution is -2.29. The molecule has 0 bridgehead atoms. The highest BCUT2D eigenvalue weighted by molar-refractivity contribution is 6.46. The number of aromatic nitrogens is 1. The van der Waals surface area contributed by atoms with Crippen LogP contribution in [0.3, 0.4) is 0 Å². The van der Waals surface area contributed by atoms with Crippen LogP contribution in [0, 0.1) is 0 Å². The summed E-state index contributed by atoms with van der Waals surface area (Å²) in [6, 6.07) is 18.4. The zero-order valence-electron chi connectivity index (χ0n) is 17.7. The zero-order chi connectivity index (χ0) is 22.7. The molecule has 2 heterocycles. The highest BCUT2D eigenvalue weighted by Crippen LogP contribution is 2.40. The Bertz CT molecular complexity index is 1190. The molecule has 7 nitrogen and oxygen atoms in total. The number of likely N-dealkylation sites (tertiary alicyclic amines) is 1. The van der Waals surface area contributed by atoms with Crippen molar-refractivity contribution in [1.82, 2.24) is 9.88 Å². The third-order valence-corrected chi connectivity index (χ3v) is 5.38. The number of pyridine rings is 1. The third kappa shape index (κ3) is 3.80. The number of ether oxygens (including phenoxy) is 2. The van der Waals surface area contributed by atoms with Gasteiger partial charge in [0.1, 0.15) is 23.3 Å². The van der Waals surface area contributed by atoms with Gasteiger partial charge in [-0.25, -0.2) is 0 Å². The van der Waals surface area contributed by atoms with Gasteiger partial charge in [-0.05, 0) is 30.3 Å².